The summed E-state index contributed by atoms with van der Waals surface area (Å²) in [6, 6.07) is -1.22. The Hall–Kier alpha value is -0.910. The van der Waals surface area contributed by atoms with Gasteiger partial charge in [-0.2, -0.15) is 11.8 Å². The van der Waals surface area contributed by atoms with Gasteiger partial charge in [-0.25, -0.2) is 9.59 Å². The Morgan fingerprint density at radius 2 is 1.89 bits per heavy atom. The van der Waals surface area contributed by atoms with Crippen LogP contribution in [0.5, 0.6) is 0 Å². The van der Waals surface area contributed by atoms with E-state index in [-0.39, 0.29) is 0 Å². The first-order valence-corrected chi connectivity index (χ1v) is 7.54. The lowest BCUT2D eigenvalue weighted by molar-refractivity contribution is -0.139. The first-order valence-electron chi connectivity index (χ1n) is 6.14. The number of carboxylic acid groups (broad SMARTS) is 1. The van der Waals surface area contributed by atoms with Gasteiger partial charge in [0, 0.05) is 6.54 Å². The van der Waals surface area contributed by atoms with Crippen LogP contribution in [0.1, 0.15) is 27.2 Å². The summed E-state index contributed by atoms with van der Waals surface area (Å²) in [5, 5.41) is 14.2. The van der Waals surface area contributed by atoms with E-state index >= 15 is 0 Å². The first kappa shape index (κ1) is 17.1. The van der Waals surface area contributed by atoms with Crippen LogP contribution in [0, 0.1) is 11.8 Å². The zero-order chi connectivity index (χ0) is 14.1. The van der Waals surface area contributed by atoms with E-state index < -0.39 is 18.0 Å². The van der Waals surface area contributed by atoms with Crippen LogP contribution in [-0.2, 0) is 4.79 Å². The van der Waals surface area contributed by atoms with Crippen molar-refractivity contribution in [2.24, 2.45) is 11.8 Å². The second-order valence-electron chi connectivity index (χ2n) is 4.75. The predicted octanol–water partition coefficient (Wildman–Crippen LogP) is 1.78. The summed E-state index contributed by atoms with van der Waals surface area (Å²) in [4.78, 5) is 22.5. The van der Waals surface area contributed by atoms with Crippen molar-refractivity contribution < 1.29 is 14.7 Å². The maximum Gasteiger partial charge on any atom is 0.326 e. The minimum absolute atomic E-state index is 0.366. The highest BCUT2D eigenvalue weighted by molar-refractivity contribution is 7.98. The van der Waals surface area contributed by atoms with Crippen molar-refractivity contribution in [3.8, 4) is 0 Å². The van der Waals surface area contributed by atoms with Crippen molar-refractivity contribution in [1.82, 2.24) is 10.6 Å². The summed E-state index contributed by atoms with van der Waals surface area (Å²) in [6.45, 7) is 6.78. The SMILES string of the molecule is CSCC[C@@H](NC(=O)NCC(C)C(C)C)C(=O)O. The summed E-state index contributed by atoms with van der Waals surface area (Å²) in [6.07, 6.45) is 2.34. The fraction of sp³-hybridized carbons (Fsp3) is 0.833. The maximum atomic E-state index is 11.6. The molecule has 0 rings (SSSR count). The van der Waals surface area contributed by atoms with Crippen LogP contribution in [-0.4, -0.2) is 41.7 Å². The third kappa shape index (κ3) is 7.42. The summed E-state index contributed by atoms with van der Waals surface area (Å²) in [7, 11) is 0. The van der Waals surface area contributed by atoms with Gasteiger partial charge in [0.1, 0.15) is 6.04 Å². The zero-order valence-electron chi connectivity index (χ0n) is 11.5. The molecule has 0 fully saturated rings. The molecule has 0 spiro atoms. The molecule has 0 saturated heterocycles. The van der Waals surface area contributed by atoms with E-state index in [9.17, 15) is 9.59 Å². The number of carbonyl (C=O) groups excluding carboxylic acids is 1. The van der Waals surface area contributed by atoms with Crippen molar-refractivity contribution in [2.45, 2.75) is 33.2 Å². The number of hydrogen-bond donors (Lipinski definition) is 3. The number of carboxylic acids is 1. The van der Waals surface area contributed by atoms with Gasteiger partial charge in [-0.15, -0.1) is 0 Å². The van der Waals surface area contributed by atoms with E-state index in [0.717, 1.165) is 0 Å². The molecule has 0 aliphatic carbocycles. The zero-order valence-corrected chi connectivity index (χ0v) is 12.3. The number of nitrogens with one attached hydrogen (secondary N) is 2. The molecule has 2 atom stereocenters. The van der Waals surface area contributed by atoms with Crippen molar-refractivity contribution in [1.29, 1.82) is 0 Å². The molecule has 0 aliphatic rings. The smallest absolute Gasteiger partial charge is 0.326 e. The Bertz CT molecular complexity index is 272. The van der Waals surface area contributed by atoms with Crippen LogP contribution >= 0.6 is 11.8 Å². The van der Waals surface area contributed by atoms with Crippen LogP contribution in [0.15, 0.2) is 0 Å². The van der Waals surface area contributed by atoms with E-state index in [1.807, 2.05) is 13.2 Å². The van der Waals surface area contributed by atoms with Gasteiger partial charge in [-0.3, -0.25) is 0 Å². The highest BCUT2D eigenvalue weighted by atomic mass is 32.2. The quantitative estimate of drug-likeness (QED) is 0.631. The lowest BCUT2D eigenvalue weighted by Gasteiger charge is -2.18. The minimum Gasteiger partial charge on any atom is -0.480 e. The van der Waals surface area contributed by atoms with Gasteiger partial charge in [0.15, 0.2) is 0 Å². The van der Waals surface area contributed by atoms with Crippen molar-refractivity contribution in [3.05, 3.63) is 0 Å². The molecule has 18 heavy (non-hydrogen) atoms. The largest absolute Gasteiger partial charge is 0.480 e. The molecule has 0 aliphatic heterocycles. The molecule has 6 heteroatoms. The van der Waals surface area contributed by atoms with Gasteiger partial charge in [0.2, 0.25) is 0 Å². The first-order chi connectivity index (χ1) is 8.38. The maximum absolute atomic E-state index is 11.6. The van der Waals surface area contributed by atoms with Crippen LogP contribution in [0.3, 0.4) is 0 Å². The molecule has 0 radical (unpaired) electrons. The fourth-order valence-electron chi connectivity index (χ4n) is 1.19. The number of carbonyl (C=O) groups is 2. The average Bonchev–Trinajstić information content (AvgIpc) is 2.30. The summed E-state index contributed by atoms with van der Waals surface area (Å²) in [5.74, 6) is 0.568. The average molecular weight is 276 g/mol. The molecule has 0 heterocycles. The number of hydrogen-bond acceptors (Lipinski definition) is 3. The molecule has 106 valence electrons. The molecule has 1 unspecified atom stereocenters. The van der Waals surface area contributed by atoms with Gasteiger partial charge in [-0.05, 0) is 30.3 Å². The van der Waals surface area contributed by atoms with Gasteiger partial charge < -0.3 is 15.7 Å². The third-order valence-electron chi connectivity index (χ3n) is 2.94. The molecule has 0 aromatic heterocycles. The standard InChI is InChI=1S/C12H24N2O3S/c1-8(2)9(3)7-13-12(17)14-10(11(15)16)5-6-18-4/h8-10H,5-7H2,1-4H3,(H,15,16)(H2,13,14,17)/t9?,10-/m1/s1. The molecule has 3 N–H and O–H groups in total. The highest BCUT2D eigenvalue weighted by Crippen LogP contribution is 2.07. The van der Waals surface area contributed by atoms with Gasteiger partial charge in [0.25, 0.3) is 0 Å². The molecule has 0 bridgehead atoms. The lowest BCUT2D eigenvalue weighted by Crippen LogP contribution is -2.47. The van der Waals surface area contributed by atoms with E-state index in [0.29, 0.717) is 30.6 Å². The number of urea groups is 1. The third-order valence-corrected chi connectivity index (χ3v) is 3.58. The molecule has 5 nitrogen and oxygen atoms in total. The minimum atomic E-state index is -0.990. The Morgan fingerprint density at radius 1 is 1.28 bits per heavy atom. The topological polar surface area (TPSA) is 78.4 Å². The second-order valence-corrected chi connectivity index (χ2v) is 5.73. The summed E-state index contributed by atoms with van der Waals surface area (Å²) < 4.78 is 0. The number of rotatable bonds is 8. The highest BCUT2D eigenvalue weighted by Gasteiger charge is 2.19. The predicted molar refractivity (Wildman–Crippen MR) is 75.0 cm³/mol. The lowest BCUT2D eigenvalue weighted by atomic mass is 9.98. The molecular weight excluding hydrogens is 252 g/mol. The Labute approximate surface area is 113 Å². The summed E-state index contributed by atoms with van der Waals surface area (Å²) in [5.41, 5.74) is 0. The Kier molecular flexibility index (Phi) is 8.62. The van der Waals surface area contributed by atoms with Crippen molar-refractivity contribution >= 4 is 23.8 Å². The van der Waals surface area contributed by atoms with Crippen LogP contribution < -0.4 is 10.6 Å². The van der Waals surface area contributed by atoms with Crippen LogP contribution in [0.25, 0.3) is 0 Å². The number of amides is 2. The van der Waals surface area contributed by atoms with Crippen molar-refractivity contribution in [3.63, 3.8) is 0 Å². The number of aliphatic carboxylic acids is 1. The second kappa shape index (κ2) is 9.08. The van der Waals surface area contributed by atoms with Crippen LogP contribution in [0.4, 0.5) is 4.79 Å². The molecule has 2 amide bonds. The molecule has 0 aromatic carbocycles. The van der Waals surface area contributed by atoms with E-state index in [1.54, 1.807) is 11.8 Å². The van der Waals surface area contributed by atoms with Gasteiger partial charge >= 0.3 is 12.0 Å². The monoisotopic (exact) mass is 276 g/mol. The fourth-order valence-corrected chi connectivity index (χ4v) is 1.66. The van der Waals surface area contributed by atoms with E-state index in [1.165, 1.54) is 0 Å². The Balaban J connectivity index is 4.06. The van der Waals surface area contributed by atoms with E-state index in [4.69, 9.17) is 5.11 Å². The normalized spacial score (nSPS) is 14.1. The van der Waals surface area contributed by atoms with Crippen LogP contribution in [0.2, 0.25) is 0 Å². The summed E-state index contributed by atoms with van der Waals surface area (Å²) >= 11 is 1.56. The molecular formula is C12H24N2O3S. The Morgan fingerprint density at radius 3 is 2.33 bits per heavy atom. The van der Waals surface area contributed by atoms with Crippen molar-refractivity contribution in [2.75, 3.05) is 18.6 Å². The molecule has 0 aromatic rings. The number of thioether (sulfide) groups is 1. The molecule has 0 saturated carbocycles. The van der Waals surface area contributed by atoms with Gasteiger partial charge in [-0.1, -0.05) is 20.8 Å². The van der Waals surface area contributed by atoms with Gasteiger partial charge in [0.05, 0.1) is 0 Å². The van der Waals surface area contributed by atoms with E-state index in [2.05, 4.69) is 24.5 Å².